The Morgan fingerprint density at radius 2 is 1.72 bits per heavy atom. The normalized spacial score (nSPS) is 22.3. The lowest BCUT2D eigenvalue weighted by Crippen LogP contribution is -2.47. The van der Waals surface area contributed by atoms with Crippen molar-refractivity contribution < 1.29 is 19.3 Å². The van der Waals surface area contributed by atoms with Crippen LogP contribution in [0.5, 0.6) is 17.2 Å². The average Bonchev–Trinajstić information content (AvgIpc) is 3.33. The molecule has 0 bridgehead atoms. The van der Waals surface area contributed by atoms with Crippen LogP contribution in [0.3, 0.4) is 0 Å². The second kappa shape index (κ2) is 7.86. The lowest BCUT2D eigenvalue weighted by Gasteiger charge is -2.35. The molecular weight excluding hydrogens is 368 g/mol. The van der Waals surface area contributed by atoms with Gasteiger partial charge in [-0.05, 0) is 47.9 Å². The number of aliphatic hydroxyl groups excluding tert-OH is 1. The van der Waals surface area contributed by atoms with Crippen LogP contribution in [0.1, 0.15) is 29.7 Å². The molecule has 2 aromatic carbocycles. The minimum absolute atomic E-state index is 0.232. The Hall–Kier alpha value is -2.28. The van der Waals surface area contributed by atoms with Crippen LogP contribution in [0.15, 0.2) is 36.4 Å². The molecule has 6 heteroatoms. The van der Waals surface area contributed by atoms with Crippen molar-refractivity contribution in [3.05, 3.63) is 53.1 Å². The summed E-state index contributed by atoms with van der Waals surface area (Å²) in [4.78, 5) is 4.81. The van der Waals surface area contributed by atoms with Gasteiger partial charge in [0.25, 0.3) is 0 Å². The molecular formula is C23H28N2O4. The smallest absolute Gasteiger partial charge is 0.231 e. The van der Waals surface area contributed by atoms with E-state index in [2.05, 4.69) is 34.9 Å². The summed E-state index contributed by atoms with van der Waals surface area (Å²) in [5.74, 6) is 2.64. The Bertz CT molecular complexity index is 879. The van der Waals surface area contributed by atoms with Crippen molar-refractivity contribution in [2.24, 2.45) is 0 Å². The first-order valence-corrected chi connectivity index (χ1v) is 10.4. The summed E-state index contributed by atoms with van der Waals surface area (Å²) in [7, 11) is 0. The molecule has 0 unspecified atom stereocenters. The molecule has 2 aromatic rings. The Balaban J connectivity index is 1.13. The highest BCUT2D eigenvalue weighted by Gasteiger charge is 2.23. The van der Waals surface area contributed by atoms with Gasteiger partial charge in [-0.1, -0.05) is 12.1 Å². The van der Waals surface area contributed by atoms with Crippen LogP contribution in [0.4, 0.5) is 0 Å². The number of nitrogens with zero attached hydrogens (tertiary/aromatic N) is 2. The zero-order valence-electron chi connectivity index (χ0n) is 16.8. The maximum Gasteiger partial charge on any atom is 0.231 e. The molecule has 3 aliphatic heterocycles. The van der Waals surface area contributed by atoms with E-state index in [1.54, 1.807) is 0 Å². The van der Waals surface area contributed by atoms with Gasteiger partial charge in [0.05, 0.1) is 6.10 Å². The summed E-state index contributed by atoms with van der Waals surface area (Å²) in [5.41, 5.74) is 3.45. The summed E-state index contributed by atoms with van der Waals surface area (Å²) in [6.07, 6.45) is 0.695. The van der Waals surface area contributed by atoms with Crippen LogP contribution in [-0.2, 0) is 13.0 Å². The number of β-amino-alcohol motifs (C(OH)–C–C–N with tert-alkyl or cyclic N) is 1. The monoisotopic (exact) mass is 396 g/mol. The highest BCUT2D eigenvalue weighted by molar-refractivity contribution is 5.44. The van der Waals surface area contributed by atoms with Gasteiger partial charge >= 0.3 is 0 Å². The average molecular weight is 396 g/mol. The van der Waals surface area contributed by atoms with Crippen molar-refractivity contribution in [2.45, 2.75) is 32.1 Å². The number of rotatable bonds is 5. The fraction of sp³-hybridized carbons (Fsp3) is 0.478. The van der Waals surface area contributed by atoms with Gasteiger partial charge in [0.1, 0.15) is 11.9 Å². The summed E-state index contributed by atoms with van der Waals surface area (Å²) < 4.78 is 16.6. The van der Waals surface area contributed by atoms with Crippen molar-refractivity contribution in [2.75, 3.05) is 39.5 Å². The molecule has 0 spiro atoms. The van der Waals surface area contributed by atoms with Gasteiger partial charge in [0.2, 0.25) is 6.79 Å². The Kier molecular flexibility index (Phi) is 5.08. The van der Waals surface area contributed by atoms with E-state index in [1.165, 1.54) is 11.1 Å². The van der Waals surface area contributed by atoms with Gasteiger partial charge < -0.3 is 19.3 Å². The van der Waals surface area contributed by atoms with E-state index >= 15 is 0 Å². The molecule has 1 saturated heterocycles. The number of benzene rings is 2. The van der Waals surface area contributed by atoms with Crippen LogP contribution in [0, 0.1) is 0 Å². The summed E-state index contributed by atoms with van der Waals surface area (Å²) >= 11 is 0. The molecule has 3 heterocycles. The topological polar surface area (TPSA) is 54.4 Å². The van der Waals surface area contributed by atoms with Crippen molar-refractivity contribution in [3.8, 4) is 17.2 Å². The number of hydrogen-bond donors (Lipinski definition) is 1. The van der Waals surface area contributed by atoms with Gasteiger partial charge in [-0.25, -0.2) is 0 Å². The molecule has 0 aliphatic carbocycles. The number of aliphatic hydroxyl groups is 1. The fourth-order valence-electron chi connectivity index (χ4n) is 4.43. The molecule has 5 rings (SSSR count). The first-order chi connectivity index (χ1) is 14.1. The van der Waals surface area contributed by atoms with E-state index in [0.29, 0.717) is 13.3 Å². The van der Waals surface area contributed by atoms with Crippen molar-refractivity contribution in [1.82, 2.24) is 9.80 Å². The highest BCUT2D eigenvalue weighted by Crippen LogP contribution is 2.33. The van der Waals surface area contributed by atoms with Gasteiger partial charge in [-0.3, -0.25) is 9.80 Å². The van der Waals surface area contributed by atoms with Crippen molar-refractivity contribution in [1.29, 1.82) is 0 Å². The Morgan fingerprint density at radius 1 is 0.966 bits per heavy atom. The fourth-order valence-corrected chi connectivity index (χ4v) is 4.43. The van der Waals surface area contributed by atoms with Crippen LogP contribution >= 0.6 is 0 Å². The molecule has 0 aromatic heterocycles. The maximum absolute atomic E-state index is 10.7. The van der Waals surface area contributed by atoms with E-state index in [0.717, 1.165) is 62.0 Å². The second-order valence-electron chi connectivity index (χ2n) is 8.28. The molecule has 0 saturated carbocycles. The van der Waals surface area contributed by atoms with Gasteiger partial charge in [0, 0.05) is 45.7 Å². The van der Waals surface area contributed by atoms with E-state index in [9.17, 15) is 5.11 Å². The lowest BCUT2D eigenvalue weighted by atomic mass is 10.0. The highest BCUT2D eigenvalue weighted by atomic mass is 16.7. The third-order valence-electron chi connectivity index (χ3n) is 6.04. The van der Waals surface area contributed by atoms with E-state index in [-0.39, 0.29) is 6.10 Å². The molecule has 154 valence electrons. The molecule has 0 radical (unpaired) electrons. The molecule has 29 heavy (non-hydrogen) atoms. The molecule has 1 N–H and O–H groups in total. The Morgan fingerprint density at radius 3 is 2.59 bits per heavy atom. The largest absolute Gasteiger partial charge is 0.490 e. The van der Waals surface area contributed by atoms with Crippen LogP contribution in [0.25, 0.3) is 0 Å². The molecule has 2 atom stereocenters. The number of fused-ring (bicyclic) bond motifs is 2. The van der Waals surface area contributed by atoms with Crippen molar-refractivity contribution >= 4 is 0 Å². The predicted octanol–water partition coefficient (Wildman–Crippen LogP) is 2.59. The maximum atomic E-state index is 10.7. The number of piperazine rings is 1. The molecule has 0 amide bonds. The van der Waals surface area contributed by atoms with Crippen molar-refractivity contribution in [3.63, 3.8) is 0 Å². The third-order valence-corrected chi connectivity index (χ3v) is 6.04. The minimum atomic E-state index is -0.461. The second-order valence-corrected chi connectivity index (χ2v) is 8.28. The zero-order valence-corrected chi connectivity index (χ0v) is 16.8. The summed E-state index contributed by atoms with van der Waals surface area (Å²) in [6, 6.07) is 12.3. The standard InChI is InChI=1S/C23H28N2O4/c1-16-10-19-12-18(3-5-21(19)29-16)20(26)14-25-8-6-24(7-9-25)13-17-2-4-22-23(11-17)28-15-27-22/h2-5,11-12,16,20,26H,6-10,13-15H2,1H3/t16-,20+/m0/s1. The first-order valence-electron chi connectivity index (χ1n) is 10.4. The quantitative estimate of drug-likeness (QED) is 0.839. The Labute approximate surface area is 171 Å². The van der Waals surface area contributed by atoms with Crippen LogP contribution in [-0.4, -0.2) is 60.5 Å². The van der Waals surface area contributed by atoms with Gasteiger partial charge in [0.15, 0.2) is 11.5 Å². The first kappa shape index (κ1) is 18.7. The SMILES string of the molecule is C[C@H]1Cc2cc([C@H](O)CN3CCN(Cc4ccc5c(c4)OCO5)CC3)ccc2O1. The zero-order chi connectivity index (χ0) is 19.8. The summed E-state index contributed by atoms with van der Waals surface area (Å²) in [6.45, 7) is 7.91. The summed E-state index contributed by atoms with van der Waals surface area (Å²) in [5, 5.41) is 10.7. The van der Waals surface area contributed by atoms with E-state index < -0.39 is 6.10 Å². The minimum Gasteiger partial charge on any atom is -0.490 e. The van der Waals surface area contributed by atoms with Crippen LogP contribution < -0.4 is 14.2 Å². The number of hydrogen-bond acceptors (Lipinski definition) is 6. The lowest BCUT2D eigenvalue weighted by molar-refractivity contribution is 0.0700. The third kappa shape index (κ3) is 4.06. The number of ether oxygens (including phenoxy) is 3. The molecule has 3 aliphatic rings. The molecule has 6 nitrogen and oxygen atoms in total. The van der Waals surface area contributed by atoms with Gasteiger partial charge in [-0.15, -0.1) is 0 Å². The van der Waals surface area contributed by atoms with Gasteiger partial charge in [-0.2, -0.15) is 0 Å². The van der Waals surface area contributed by atoms with E-state index in [4.69, 9.17) is 14.2 Å². The van der Waals surface area contributed by atoms with E-state index in [1.807, 2.05) is 18.2 Å². The molecule has 1 fully saturated rings. The predicted molar refractivity (Wildman–Crippen MR) is 109 cm³/mol. The van der Waals surface area contributed by atoms with Crippen LogP contribution in [0.2, 0.25) is 0 Å².